The zero-order valence-corrected chi connectivity index (χ0v) is 10.7. The molecule has 98 valence electrons. The highest BCUT2D eigenvalue weighted by atomic mass is 16.5. The standard InChI is InChI=1S/C13H16O5/c1-12(7-6-10(15)17-2)8-4-5-9(14)13(8,12)11(16)18-3/h6-8H,4-5H2,1-3H3/b7-6+/t8-,12-,13+/m0/s1. The first-order valence-corrected chi connectivity index (χ1v) is 5.84. The number of hydrogen-bond acceptors (Lipinski definition) is 5. The summed E-state index contributed by atoms with van der Waals surface area (Å²) in [6, 6.07) is 0. The van der Waals surface area contributed by atoms with Crippen molar-refractivity contribution in [2.24, 2.45) is 16.7 Å². The van der Waals surface area contributed by atoms with Gasteiger partial charge in [0.15, 0.2) is 5.78 Å². The number of esters is 2. The van der Waals surface area contributed by atoms with Crippen LogP contribution in [0.5, 0.6) is 0 Å². The second-order valence-electron chi connectivity index (χ2n) is 4.95. The van der Waals surface area contributed by atoms with Crippen LogP contribution >= 0.6 is 0 Å². The van der Waals surface area contributed by atoms with E-state index >= 15 is 0 Å². The summed E-state index contributed by atoms with van der Waals surface area (Å²) < 4.78 is 9.28. The molecule has 0 aromatic heterocycles. The van der Waals surface area contributed by atoms with Crippen molar-refractivity contribution in [3.05, 3.63) is 12.2 Å². The third-order valence-electron chi connectivity index (χ3n) is 4.39. The summed E-state index contributed by atoms with van der Waals surface area (Å²) >= 11 is 0. The third-order valence-corrected chi connectivity index (χ3v) is 4.39. The predicted molar refractivity (Wildman–Crippen MR) is 61.4 cm³/mol. The Labute approximate surface area is 105 Å². The van der Waals surface area contributed by atoms with Gasteiger partial charge in [-0.25, -0.2) is 4.79 Å². The molecule has 2 saturated carbocycles. The largest absolute Gasteiger partial charge is 0.468 e. The zero-order chi connectivity index (χ0) is 13.6. The van der Waals surface area contributed by atoms with Crippen LogP contribution in [0.3, 0.4) is 0 Å². The molecule has 0 saturated heterocycles. The van der Waals surface area contributed by atoms with Crippen molar-refractivity contribution in [1.29, 1.82) is 0 Å². The van der Waals surface area contributed by atoms with E-state index in [1.54, 1.807) is 6.08 Å². The number of allylic oxidation sites excluding steroid dienone is 1. The van der Waals surface area contributed by atoms with E-state index in [9.17, 15) is 14.4 Å². The molecular formula is C13H16O5. The fraction of sp³-hybridized carbons (Fsp3) is 0.615. The molecule has 5 heteroatoms. The van der Waals surface area contributed by atoms with Crippen LogP contribution in [0.15, 0.2) is 12.2 Å². The summed E-state index contributed by atoms with van der Waals surface area (Å²) in [6.45, 7) is 1.81. The zero-order valence-electron chi connectivity index (χ0n) is 10.7. The van der Waals surface area contributed by atoms with Crippen LogP contribution in [-0.2, 0) is 23.9 Å². The molecule has 0 aromatic carbocycles. The average molecular weight is 252 g/mol. The fourth-order valence-electron chi connectivity index (χ4n) is 3.41. The molecule has 5 nitrogen and oxygen atoms in total. The van der Waals surface area contributed by atoms with Crippen LogP contribution in [-0.4, -0.2) is 31.9 Å². The number of hydrogen-bond donors (Lipinski definition) is 0. The van der Waals surface area contributed by atoms with E-state index in [4.69, 9.17) is 4.74 Å². The first kappa shape index (κ1) is 12.8. The normalized spacial score (nSPS) is 37.5. The van der Waals surface area contributed by atoms with Crippen molar-refractivity contribution < 1.29 is 23.9 Å². The van der Waals surface area contributed by atoms with Gasteiger partial charge in [0.1, 0.15) is 5.41 Å². The molecule has 2 aliphatic rings. The van der Waals surface area contributed by atoms with Crippen molar-refractivity contribution in [3.8, 4) is 0 Å². The summed E-state index contributed by atoms with van der Waals surface area (Å²) in [5, 5.41) is 0. The first-order valence-electron chi connectivity index (χ1n) is 5.84. The van der Waals surface area contributed by atoms with Crippen LogP contribution in [0, 0.1) is 16.7 Å². The lowest BCUT2D eigenvalue weighted by molar-refractivity contribution is -0.152. The lowest BCUT2D eigenvalue weighted by Crippen LogP contribution is -2.30. The van der Waals surface area contributed by atoms with Crippen molar-refractivity contribution in [2.45, 2.75) is 19.8 Å². The molecule has 0 bridgehead atoms. The minimum Gasteiger partial charge on any atom is -0.468 e. The number of ether oxygens (including phenoxy) is 2. The van der Waals surface area contributed by atoms with E-state index in [0.717, 1.165) is 0 Å². The Balaban J connectivity index is 2.31. The van der Waals surface area contributed by atoms with Gasteiger partial charge in [-0.05, 0) is 12.3 Å². The van der Waals surface area contributed by atoms with Gasteiger partial charge in [0, 0.05) is 17.9 Å². The third kappa shape index (κ3) is 1.30. The van der Waals surface area contributed by atoms with Gasteiger partial charge in [-0.1, -0.05) is 13.0 Å². The number of ketones is 1. The topological polar surface area (TPSA) is 69.7 Å². The highest BCUT2D eigenvalue weighted by Gasteiger charge is 2.83. The Kier molecular flexibility index (Phi) is 2.80. The monoisotopic (exact) mass is 252 g/mol. The number of Topliss-reactive ketones (excluding diaryl/α,β-unsaturated/α-hetero) is 1. The van der Waals surface area contributed by atoms with Gasteiger partial charge in [-0.15, -0.1) is 0 Å². The quantitative estimate of drug-likeness (QED) is 0.423. The van der Waals surface area contributed by atoms with Gasteiger partial charge in [0.2, 0.25) is 0 Å². The second-order valence-corrected chi connectivity index (χ2v) is 4.95. The van der Waals surface area contributed by atoms with Crippen molar-refractivity contribution >= 4 is 17.7 Å². The summed E-state index contributed by atoms with van der Waals surface area (Å²) in [6.07, 6.45) is 3.95. The maximum atomic E-state index is 12.0. The smallest absolute Gasteiger partial charge is 0.330 e. The molecule has 0 amide bonds. The van der Waals surface area contributed by atoms with E-state index in [2.05, 4.69) is 4.74 Å². The van der Waals surface area contributed by atoms with E-state index < -0.39 is 22.8 Å². The number of rotatable bonds is 3. The molecule has 2 rings (SSSR count). The molecule has 0 aliphatic heterocycles. The van der Waals surface area contributed by atoms with Crippen LogP contribution in [0.4, 0.5) is 0 Å². The number of carbonyl (C=O) groups excluding carboxylic acids is 3. The molecule has 3 atom stereocenters. The maximum absolute atomic E-state index is 12.0. The molecule has 0 N–H and O–H groups in total. The van der Waals surface area contributed by atoms with E-state index in [1.807, 2.05) is 6.92 Å². The molecule has 0 radical (unpaired) electrons. The van der Waals surface area contributed by atoms with Crippen LogP contribution in [0.2, 0.25) is 0 Å². The molecule has 2 fully saturated rings. The van der Waals surface area contributed by atoms with Gasteiger partial charge in [0.05, 0.1) is 14.2 Å². The minimum absolute atomic E-state index is 0.0640. The second kappa shape index (κ2) is 3.93. The lowest BCUT2D eigenvalue weighted by atomic mass is 9.88. The number of methoxy groups -OCH3 is 2. The van der Waals surface area contributed by atoms with E-state index in [-0.39, 0.29) is 11.7 Å². The average Bonchev–Trinajstić information content (AvgIpc) is 2.70. The van der Waals surface area contributed by atoms with Crippen molar-refractivity contribution in [1.82, 2.24) is 0 Å². The van der Waals surface area contributed by atoms with Gasteiger partial charge in [0.25, 0.3) is 0 Å². The molecule has 0 aromatic rings. The Morgan fingerprint density at radius 1 is 1.33 bits per heavy atom. The van der Waals surface area contributed by atoms with Crippen molar-refractivity contribution in [3.63, 3.8) is 0 Å². The van der Waals surface area contributed by atoms with Crippen LogP contribution in [0.1, 0.15) is 19.8 Å². The van der Waals surface area contributed by atoms with E-state index in [1.165, 1.54) is 20.3 Å². The molecular weight excluding hydrogens is 236 g/mol. The van der Waals surface area contributed by atoms with Crippen LogP contribution in [0.25, 0.3) is 0 Å². The summed E-state index contributed by atoms with van der Waals surface area (Å²) in [7, 11) is 2.56. The predicted octanol–water partition coefficient (Wildman–Crippen LogP) is 0.874. The molecule has 2 aliphatic carbocycles. The Morgan fingerprint density at radius 3 is 2.56 bits per heavy atom. The lowest BCUT2D eigenvalue weighted by Gasteiger charge is -2.16. The summed E-state index contributed by atoms with van der Waals surface area (Å²) in [5.74, 6) is -1.14. The van der Waals surface area contributed by atoms with Gasteiger partial charge >= 0.3 is 11.9 Å². The highest BCUT2D eigenvalue weighted by molar-refractivity contribution is 6.11. The van der Waals surface area contributed by atoms with Crippen molar-refractivity contribution in [2.75, 3.05) is 14.2 Å². The minimum atomic E-state index is -1.08. The molecule has 0 heterocycles. The van der Waals surface area contributed by atoms with Gasteiger partial charge < -0.3 is 9.47 Å². The Hall–Kier alpha value is -1.65. The SMILES string of the molecule is COC(=O)/C=C/[C@@]1(C)[C@@H]2CCC(=O)[C@@]21C(=O)OC. The summed E-state index contributed by atoms with van der Waals surface area (Å²) in [4.78, 5) is 35.1. The van der Waals surface area contributed by atoms with E-state index in [0.29, 0.717) is 12.8 Å². The first-order chi connectivity index (χ1) is 8.45. The Bertz CT molecular complexity index is 452. The van der Waals surface area contributed by atoms with Gasteiger partial charge in [-0.3, -0.25) is 9.59 Å². The number of carbonyl (C=O) groups is 3. The molecule has 18 heavy (non-hydrogen) atoms. The van der Waals surface area contributed by atoms with Crippen LogP contribution < -0.4 is 0 Å². The highest BCUT2D eigenvalue weighted by Crippen LogP contribution is 2.76. The maximum Gasteiger partial charge on any atom is 0.330 e. The molecule has 0 unspecified atom stereocenters. The number of fused-ring (bicyclic) bond motifs is 1. The Morgan fingerprint density at radius 2 is 2.00 bits per heavy atom. The van der Waals surface area contributed by atoms with Gasteiger partial charge in [-0.2, -0.15) is 0 Å². The fourth-order valence-corrected chi connectivity index (χ4v) is 3.41. The molecule has 0 spiro atoms. The summed E-state index contributed by atoms with van der Waals surface area (Å²) in [5.41, 5.74) is -1.70.